The molecule has 2 atom stereocenters. The molecule has 0 aliphatic heterocycles. The molecule has 1 aliphatic carbocycles. The first-order valence-corrected chi connectivity index (χ1v) is 4.67. The molecule has 0 aromatic carbocycles. The van der Waals surface area contributed by atoms with Crippen molar-refractivity contribution >= 4 is 11.8 Å². The van der Waals surface area contributed by atoms with Gasteiger partial charge >= 0.3 is 0 Å². The van der Waals surface area contributed by atoms with Crippen LogP contribution < -0.4 is 11.1 Å². The lowest BCUT2D eigenvalue weighted by Gasteiger charge is -2.29. The number of hydrogen-bond acceptors (Lipinski definition) is 2. The highest BCUT2D eigenvalue weighted by Crippen LogP contribution is 2.23. The highest BCUT2D eigenvalue weighted by Gasteiger charge is 2.29. The number of rotatable bonds is 2. The third-order valence-electron chi connectivity index (χ3n) is 2.52. The molecule has 0 aromatic rings. The molecule has 4 heteroatoms. The molecule has 0 unspecified atom stereocenters. The predicted octanol–water partition coefficient (Wildman–Crippen LogP) is 0.167. The molecule has 1 aliphatic rings. The minimum Gasteiger partial charge on any atom is -0.369 e. The molecule has 74 valence electrons. The molecule has 0 bridgehead atoms. The Morgan fingerprint density at radius 3 is 2.46 bits per heavy atom. The van der Waals surface area contributed by atoms with E-state index in [1.807, 2.05) is 0 Å². The molecular formula is C9H16N2O2. The van der Waals surface area contributed by atoms with Crippen molar-refractivity contribution in [1.29, 1.82) is 0 Å². The smallest absolute Gasteiger partial charge is 0.222 e. The van der Waals surface area contributed by atoms with Gasteiger partial charge in [-0.15, -0.1) is 0 Å². The maximum atomic E-state index is 11.0. The first-order valence-electron chi connectivity index (χ1n) is 4.67. The van der Waals surface area contributed by atoms with E-state index in [0.717, 1.165) is 25.7 Å². The maximum absolute atomic E-state index is 11.0. The number of carbonyl (C=O) groups excluding carboxylic acids is 2. The van der Waals surface area contributed by atoms with Crippen molar-refractivity contribution in [2.24, 2.45) is 11.7 Å². The van der Waals surface area contributed by atoms with Gasteiger partial charge in [0, 0.05) is 13.0 Å². The monoisotopic (exact) mass is 184 g/mol. The van der Waals surface area contributed by atoms with Gasteiger partial charge in [0.25, 0.3) is 0 Å². The largest absolute Gasteiger partial charge is 0.369 e. The lowest BCUT2D eigenvalue weighted by atomic mass is 9.84. The Kier molecular flexibility index (Phi) is 3.28. The Morgan fingerprint density at radius 2 is 1.92 bits per heavy atom. The van der Waals surface area contributed by atoms with Crippen molar-refractivity contribution in [2.75, 3.05) is 0 Å². The lowest BCUT2D eigenvalue weighted by Crippen LogP contribution is -2.46. The summed E-state index contributed by atoms with van der Waals surface area (Å²) in [6.07, 6.45) is 3.77. The average Bonchev–Trinajstić information content (AvgIpc) is 2.03. The van der Waals surface area contributed by atoms with Crippen LogP contribution in [0.25, 0.3) is 0 Å². The van der Waals surface area contributed by atoms with E-state index in [-0.39, 0.29) is 23.8 Å². The Morgan fingerprint density at radius 1 is 1.31 bits per heavy atom. The van der Waals surface area contributed by atoms with Gasteiger partial charge in [-0.1, -0.05) is 12.8 Å². The summed E-state index contributed by atoms with van der Waals surface area (Å²) in [4.78, 5) is 21.8. The molecule has 1 rings (SSSR count). The van der Waals surface area contributed by atoms with Gasteiger partial charge in [-0.25, -0.2) is 0 Å². The van der Waals surface area contributed by atoms with E-state index in [0.29, 0.717) is 0 Å². The Hall–Kier alpha value is -1.06. The molecule has 0 spiro atoms. The summed E-state index contributed by atoms with van der Waals surface area (Å²) in [7, 11) is 0. The van der Waals surface area contributed by atoms with Gasteiger partial charge < -0.3 is 11.1 Å². The fraction of sp³-hybridized carbons (Fsp3) is 0.778. The van der Waals surface area contributed by atoms with Gasteiger partial charge in [0.15, 0.2) is 0 Å². The van der Waals surface area contributed by atoms with Gasteiger partial charge in [-0.05, 0) is 12.8 Å². The van der Waals surface area contributed by atoms with Crippen LogP contribution in [0, 0.1) is 5.92 Å². The zero-order valence-electron chi connectivity index (χ0n) is 7.88. The van der Waals surface area contributed by atoms with Gasteiger partial charge in [0.05, 0.1) is 5.92 Å². The second kappa shape index (κ2) is 4.25. The van der Waals surface area contributed by atoms with Crippen LogP contribution in [0.2, 0.25) is 0 Å². The molecule has 1 saturated carbocycles. The minimum atomic E-state index is -0.293. The van der Waals surface area contributed by atoms with Crippen LogP contribution in [0.1, 0.15) is 32.6 Å². The van der Waals surface area contributed by atoms with Crippen molar-refractivity contribution < 1.29 is 9.59 Å². The quantitative estimate of drug-likeness (QED) is 0.642. The van der Waals surface area contributed by atoms with Crippen molar-refractivity contribution in [2.45, 2.75) is 38.6 Å². The van der Waals surface area contributed by atoms with Crippen LogP contribution in [0.3, 0.4) is 0 Å². The molecule has 0 radical (unpaired) electrons. The molecule has 13 heavy (non-hydrogen) atoms. The van der Waals surface area contributed by atoms with Crippen LogP contribution in [0.15, 0.2) is 0 Å². The lowest BCUT2D eigenvalue weighted by molar-refractivity contribution is -0.125. The third kappa shape index (κ3) is 2.72. The SMILES string of the molecule is CC(=O)N[C@@H]1CCCC[C@H]1C(N)=O. The van der Waals surface area contributed by atoms with E-state index in [9.17, 15) is 9.59 Å². The third-order valence-corrected chi connectivity index (χ3v) is 2.52. The zero-order chi connectivity index (χ0) is 9.84. The second-order valence-corrected chi connectivity index (χ2v) is 3.60. The zero-order valence-corrected chi connectivity index (χ0v) is 7.88. The summed E-state index contributed by atoms with van der Waals surface area (Å²) in [6.45, 7) is 1.46. The van der Waals surface area contributed by atoms with Crippen LogP contribution in [-0.2, 0) is 9.59 Å². The number of hydrogen-bond donors (Lipinski definition) is 2. The van der Waals surface area contributed by atoms with E-state index in [1.165, 1.54) is 6.92 Å². The molecular weight excluding hydrogens is 168 g/mol. The van der Waals surface area contributed by atoms with Crippen molar-refractivity contribution in [1.82, 2.24) is 5.32 Å². The van der Waals surface area contributed by atoms with E-state index in [2.05, 4.69) is 5.32 Å². The summed E-state index contributed by atoms with van der Waals surface area (Å²) < 4.78 is 0. The van der Waals surface area contributed by atoms with Gasteiger partial charge in [-0.2, -0.15) is 0 Å². The first kappa shape index (κ1) is 10.0. The second-order valence-electron chi connectivity index (χ2n) is 3.60. The Bertz CT molecular complexity index is 216. The summed E-state index contributed by atoms with van der Waals surface area (Å²) in [5, 5.41) is 2.77. The van der Waals surface area contributed by atoms with Crippen LogP contribution in [0.5, 0.6) is 0 Å². The molecule has 0 aromatic heterocycles. The minimum absolute atomic E-state index is 0.0382. The number of nitrogens with one attached hydrogen (secondary N) is 1. The topological polar surface area (TPSA) is 72.2 Å². The van der Waals surface area contributed by atoms with Crippen molar-refractivity contribution in [3.8, 4) is 0 Å². The van der Waals surface area contributed by atoms with Crippen molar-refractivity contribution in [3.63, 3.8) is 0 Å². The highest BCUT2D eigenvalue weighted by molar-refractivity contribution is 5.79. The summed E-state index contributed by atoms with van der Waals surface area (Å²) >= 11 is 0. The Labute approximate surface area is 77.9 Å². The fourth-order valence-electron chi connectivity index (χ4n) is 1.91. The molecule has 4 nitrogen and oxygen atoms in total. The fourth-order valence-corrected chi connectivity index (χ4v) is 1.91. The number of nitrogens with two attached hydrogens (primary N) is 1. The van der Waals surface area contributed by atoms with Gasteiger partial charge in [0.1, 0.15) is 0 Å². The molecule has 3 N–H and O–H groups in total. The molecule has 2 amide bonds. The predicted molar refractivity (Wildman–Crippen MR) is 48.8 cm³/mol. The normalized spacial score (nSPS) is 28.1. The van der Waals surface area contributed by atoms with E-state index < -0.39 is 0 Å². The number of carbonyl (C=O) groups is 2. The van der Waals surface area contributed by atoms with Crippen LogP contribution in [0.4, 0.5) is 0 Å². The molecule has 0 heterocycles. The van der Waals surface area contributed by atoms with Crippen LogP contribution >= 0.6 is 0 Å². The van der Waals surface area contributed by atoms with Crippen LogP contribution in [-0.4, -0.2) is 17.9 Å². The van der Waals surface area contributed by atoms with Gasteiger partial charge in [-0.3, -0.25) is 9.59 Å². The maximum Gasteiger partial charge on any atom is 0.222 e. The highest BCUT2D eigenvalue weighted by atomic mass is 16.2. The standard InChI is InChI=1S/C9H16N2O2/c1-6(12)11-8-5-3-2-4-7(8)9(10)13/h7-8H,2-5H2,1H3,(H2,10,13)(H,11,12)/t7-,8-/m1/s1. The van der Waals surface area contributed by atoms with Crippen molar-refractivity contribution in [3.05, 3.63) is 0 Å². The average molecular weight is 184 g/mol. The van der Waals surface area contributed by atoms with Gasteiger partial charge in [0.2, 0.25) is 11.8 Å². The van der Waals surface area contributed by atoms with E-state index >= 15 is 0 Å². The summed E-state index contributed by atoms with van der Waals surface area (Å²) in [5.74, 6) is -0.547. The summed E-state index contributed by atoms with van der Waals surface area (Å²) in [5.41, 5.74) is 5.24. The summed E-state index contributed by atoms with van der Waals surface area (Å²) in [6, 6.07) is -0.0382. The molecule has 1 fully saturated rings. The Balaban J connectivity index is 2.56. The molecule has 0 saturated heterocycles. The number of amides is 2. The van der Waals surface area contributed by atoms with E-state index in [1.54, 1.807) is 0 Å². The number of primary amides is 1. The van der Waals surface area contributed by atoms with E-state index in [4.69, 9.17) is 5.73 Å². The first-order chi connectivity index (χ1) is 6.11.